The molecule has 130 valence electrons. The third-order valence-electron chi connectivity index (χ3n) is 6.49. The smallest absolute Gasteiger partial charge is 0.118 e. The standard InChI is InChI=1S/C24H16O3/c25-21-16-10-12-9-8-11-4-3-7-14-13-5-1-2-6-15(13)19(18(12)17(11)14)20(16)23-24(27-23)22(21)26/h1-10,21-26H/t21-,22+,23?,24?/m1/s1. The lowest BCUT2D eigenvalue weighted by molar-refractivity contribution is 0.000167. The van der Waals surface area contributed by atoms with Gasteiger partial charge in [-0.25, -0.2) is 0 Å². The van der Waals surface area contributed by atoms with Gasteiger partial charge in [-0.05, 0) is 60.3 Å². The summed E-state index contributed by atoms with van der Waals surface area (Å²) in [5, 5.41) is 30.8. The van der Waals surface area contributed by atoms with Gasteiger partial charge in [0.15, 0.2) is 0 Å². The van der Waals surface area contributed by atoms with Gasteiger partial charge in [-0.2, -0.15) is 0 Å². The maximum atomic E-state index is 10.8. The Morgan fingerprint density at radius 3 is 2.33 bits per heavy atom. The first-order valence-electron chi connectivity index (χ1n) is 9.37. The predicted octanol–water partition coefficient (Wildman–Crippen LogP) is 4.59. The number of hydrogen-bond donors (Lipinski definition) is 2. The fourth-order valence-corrected chi connectivity index (χ4v) is 5.28. The lowest BCUT2D eigenvalue weighted by Gasteiger charge is -2.26. The highest BCUT2D eigenvalue weighted by molar-refractivity contribution is 6.34. The molecule has 0 spiro atoms. The van der Waals surface area contributed by atoms with Gasteiger partial charge in [-0.15, -0.1) is 0 Å². The minimum absolute atomic E-state index is 0.133. The first-order chi connectivity index (χ1) is 13.2. The lowest BCUT2D eigenvalue weighted by atomic mass is 9.79. The molecule has 0 radical (unpaired) electrons. The molecule has 1 fully saturated rings. The van der Waals surface area contributed by atoms with Gasteiger partial charge in [0, 0.05) is 0 Å². The third-order valence-corrected chi connectivity index (χ3v) is 6.49. The number of hydrogen-bond acceptors (Lipinski definition) is 3. The van der Waals surface area contributed by atoms with Crippen LogP contribution < -0.4 is 0 Å². The summed E-state index contributed by atoms with van der Waals surface area (Å²) >= 11 is 0. The Labute approximate surface area is 154 Å². The summed E-state index contributed by atoms with van der Waals surface area (Å²) in [6.07, 6.45) is -2.21. The Balaban J connectivity index is 1.84. The number of benzene rings is 5. The molecule has 2 N–H and O–H groups in total. The van der Waals surface area contributed by atoms with Gasteiger partial charge in [0.05, 0.1) is 0 Å². The second-order valence-corrected chi connectivity index (χ2v) is 7.82. The van der Waals surface area contributed by atoms with Crippen molar-refractivity contribution in [2.24, 2.45) is 0 Å². The second kappa shape index (κ2) is 4.57. The van der Waals surface area contributed by atoms with Gasteiger partial charge in [-0.1, -0.05) is 54.6 Å². The first-order valence-corrected chi connectivity index (χ1v) is 9.37. The Kier molecular flexibility index (Phi) is 2.43. The van der Waals surface area contributed by atoms with E-state index < -0.39 is 12.2 Å². The van der Waals surface area contributed by atoms with Crippen molar-refractivity contribution in [2.75, 3.05) is 0 Å². The monoisotopic (exact) mass is 352 g/mol. The molecular weight excluding hydrogens is 336 g/mol. The van der Waals surface area contributed by atoms with Crippen molar-refractivity contribution in [2.45, 2.75) is 24.4 Å². The number of aliphatic hydroxyl groups is 2. The third kappa shape index (κ3) is 1.60. The maximum absolute atomic E-state index is 10.8. The van der Waals surface area contributed by atoms with E-state index in [-0.39, 0.29) is 12.2 Å². The van der Waals surface area contributed by atoms with Gasteiger partial charge in [0.2, 0.25) is 0 Å². The SMILES string of the molecule is O[C@@H]1c2cc3ccc4cccc5c6ccccc6c(c2C2OC2[C@H]1O)c3c45. The highest BCUT2D eigenvalue weighted by Crippen LogP contribution is 2.55. The zero-order valence-corrected chi connectivity index (χ0v) is 14.4. The van der Waals surface area contributed by atoms with Gasteiger partial charge in [0.1, 0.15) is 24.4 Å². The second-order valence-electron chi connectivity index (χ2n) is 7.82. The molecule has 5 aromatic carbocycles. The summed E-state index contributed by atoms with van der Waals surface area (Å²) in [5.74, 6) is 0. The largest absolute Gasteiger partial charge is 0.387 e. The normalized spacial score (nSPS) is 26.7. The molecule has 1 aliphatic carbocycles. The van der Waals surface area contributed by atoms with Crippen LogP contribution in [0.1, 0.15) is 23.3 Å². The van der Waals surface area contributed by atoms with Crippen LogP contribution in [0.3, 0.4) is 0 Å². The summed E-state index contributed by atoms with van der Waals surface area (Å²) in [6, 6.07) is 21.3. The molecule has 3 heteroatoms. The number of epoxide rings is 1. The molecule has 2 aliphatic rings. The van der Waals surface area contributed by atoms with Crippen molar-refractivity contribution >= 4 is 43.1 Å². The van der Waals surface area contributed by atoms with Gasteiger partial charge in [-0.3, -0.25) is 0 Å². The molecule has 3 nitrogen and oxygen atoms in total. The number of aliphatic hydroxyl groups excluding tert-OH is 2. The molecule has 0 aromatic heterocycles. The molecule has 0 saturated carbocycles. The van der Waals surface area contributed by atoms with Crippen LogP contribution in [0.25, 0.3) is 43.1 Å². The van der Waals surface area contributed by atoms with E-state index in [1.54, 1.807) is 0 Å². The highest BCUT2D eigenvalue weighted by Gasteiger charge is 2.54. The van der Waals surface area contributed by atoms with Crippen molar-refractivity contribution in [1.82, 2.24) is 0 Å². The van der Waals surface area contributed by atoms with Crippen molar-refractivity contribution < 1.29 is 14.9 Å². The van der Waals surface area contributed by atoms with E-state index in [1.165, 1.54) is 37.7 Å². The Bertz CT molecular complexity index is 1400. The summed E-state index contributed by atoms with van der Waals surface area (Å²) in [5.41, 5.74) is 1.86. The molecular formula is C24H16O3. The quantitative estimate of drug-likeness (QED) is 0.244. The van der Waals surface area contributed by atoms with E-state index in [0.29, 0.717) is 0 Å². The molecule has 0 amide bonds. The molecule has 1 aliphatic heterocycles. The summed E-state index contributed by atoms with van der Waals surface area (Å²) in [7, 11) is 0. The van der Waals surface area contributed by atoms with Crippen molar-refractivity contribution in [3.05, 3.63) is 71.8 Å². The predicted molar refractivity (Wildman–Crippen MR) is 106 cm³/mol. The van der Waals surface area contributed by atoms with Crippen molar-refractivity contribution in [3.8, 4) is 0 Å². The van der Waals surface area contributed by atoms with E-state index in [1.807, 2.05) is 6.07 Å². The van der Waals surface area contributed by atoms with Crippen LogP contribution in [0.15, 0.2) is 60.7 Å². The Morgan fingerprint density at radius 2 is 1.44 bits per heavy atom. The summed E-state index contributed by atoms with van der Waals surface area (Å²) in [4.78, 5) is 0. The number of fused-ring (bicyclic) bond motifs is 7. The lowest BCUT2D eigenvalue weighted by Crippen LogP contribution is -2.29. The molecule has 5 aromatic rings. The summed E-state index contributed by atoms with van der Waals surface area (Å²) in [6.45, 7) is 0. The van der Waals surface area contributed by atoms with E-state index in [9.17, 15) is 10.2 Å². The molecule has 4 atom stereocenters. The first kappa shape index (κ1) is 14.4. The molecule has 0 bridgehead atoms. The van der Waals surface area contributed by atoms with E-state index in [0.717, 1.165) is 16.5 Å². The number of rotatable bonds is 0. The molecule has 27 heavy (non-hydrogen) atoms. The zero-order valence-electron chi connectivity index (χ0n) is 14.4. The molecule has 2 unspecified atom stereocenters. The average molecular weight is 352 g/mol. The van der Waals surface area contributed by atoms with E-state index >= 15 is 0 Å². The molecule has 7 rings (SSSR count). The Hall–Kier alpha value is -2.72. The van der Waals surface area contributed by atoms with Crippen LogP contribution in [0.2, 0.25) is 0 Å². The maximum Gasteiger partial charge on any atom is 0.118 e. The average Bonchev–Trinajstić information content (AvgIpc) is 3.51. The Morgan fingerprint density at radius 1 is 0.704 bits per heavy atom. The molecule has 1 saturated heterocycles. The van der Waals surface area contributed by atoms with Crippen molar-refractivity contribution in [1.29, 1.82) is 0 Å². The van der Waals surface area contributed by atoms with Gasteiger partial charge < -0.3 is 14.9 Å². The molecule has 1 heterocycles. The minimum Gasteiger partial charge on any atom is -0.387 e. The van der Waals surface area contributed by atoms with E-state index in [2.05, 4.69) is 54.6 Å². The van der Waals surface area contributed by atoms with Crippen LogP contribution in [-0.4, -0.2) is 22.4 Å². The zero-order chi connectivity index (χ0) is 17.9. The van der Waals surface area contributed by atoms with Gasteiger partial charge >= 0.3 is 0 Å². The van der Waals surface area contributed by atoms with Crippen molar-refractivity contribution in [3.63, 3.8) is 0 Å². The van der Waals surface area contributed by atoms with Crippen LogP contribution in [0, 0.1) is 0 Å². The van der Waals surface area contributed by atoms with Crippen LogP contribution >= 0.6 is 0 Å². The van der Waals surface area contributed by atoms with Crippen LogP contribution in [-0.2, 0) is 4.74 Å². The van der Waals surface area contributed by atoms with Crippen LogP contribution in [0.5, 0.6) is 0 Å². The summed E-state index contributed by atoms with van der Waals surface area (Å²) < 4.78 is 5.82. The fourth-order valence-electron chi connectivity index (χ4n) is 5.28. The topological polar surface area (TPSA) is 53.0 Å². The van der Waals surface area contributed by atoms with E-state index in [4.69, 9.17) is 4.74 Å². The van der Waals surface area contributed by atoms with Crippen LogP contribution in [0.4, 0.5) is 0 Å². The van der Waals surface area contributed by atoms with Gasteiger partial charge in [0.25, 0.3) is 0 Å². The fraction of sp³-hybridized carbons (Fsp3) is 0.167. The minimum atomic E-state index is -0.913. The highest BCUT2D eigenvalue weighted by atomic mass is 16.6. The number of ether oxygens (including phenoxy) is 1.